The van der Waals surface area contributed by atoms with E-state index in [4.69, 9.17) is 0 Å². The highest BCUT2D eigenvalue weighted by Crippen LogP contribution is 2.22. The van der Waals surface area contributed by atoms with E-state index < -0.39 is 10.0 Å². The summed E-state index contributed by atoms with van der Waals surface area (Å²) in [6.07, 6.45) is 0. The number of thiophene rings is 1. The van der Waals surface area contributed by atoms with Gasteiger partial charge in [-0.1, -0.05) is 12.1 Å². The van der Waals surface area contributed by atoms with Crippen molar-refractivity contribution < 1.29 is 13.2 Å². The number of rotatable bonds is 6. The molecule has 0 fully saturated rings. The van der Waals surface area contributed by atoms with Gasteiger partial charge < -0.3 is 5.32 Å². The van der Waals surface area contributed by atoms with E-state index >= 15 is 0 Å². The highest BCUT2D eigenvalue weighted by Gasteiger charge is 2.16. The fraction of sp³-hybridized carbons (Fsp3) is 0.150. The van der Waals surface area contributed by atoms with Crippen molar-refractivity contribution in [1.29, 1.82) is 0 Å². The minimum atomic E-state index is -3.73. The van der Waals surface area contributed by atoms with E-state index in [1.165, 1.54) is 24.3 Å². The molecule has 0 aliphatic rings. The molecule has 0 aliphatic carbocycles. The molecular weight excluding hydrogens is 460 g/mol. The van der Waals surface area contributed by atoms with Crippen LogP contribution in [0.5, 0.6) is 0 Å². The second-order valence-corrected chi connectivity index (χ2v) is 9.89. The monoisotopic (exact) mass is 478 g/mol. The number of halogens is 1. The SMILES string of the molecule is Cc1cccc(NS(=O)(=O)c2ccc(C(=O)NCc3cc(Br)cs3)cc2)c1C. The molecule has 0 aliphatic heterocycles. The topological polar surface area (TPSA) is 75.3 Å². The van der Waals surface area contributed by atoms with Gasteiger partial charge in [-0.15, -0.1) is 11.3 Å². The number of benzene rings is 2. The zero-order valence-corrected chi connectivity index (χ0v) is 18.5. The first-order chi connectivity index (χ1) is 13.3. The lowest BCUT2D eigenvalue weighted by Gasteiger charge is -2.12. The van der Waals surface area contributed by atoms with Gasteiger partial charge in [-0.05, 0) is 77.3 Å². The minimum absolute atomic E-state index is 0.104. The van der Waals surface area contributed by atoms with Gasteiger partial charge in [0.05, 0.1) is 17.1 Å². The van der Waals surface area contributed by atoms with E-state index in [0.717, 1.165) is 20.5 Å². The molecule has 0 saturated heterocycles. The first-order valence-electron chi connectivity index (χ1n) is 8.46. The van der Waals surface area contributed by atoms with Crippen molar-refractivity contribution in [1.82, 2.24) is 5.32 Å². The zero-order chi connectivity index (χ0) is 20.3. The predicted octanol–water partition coefficient (Wildman–Crippen LogP) is 4.86. The molecule has 2 N–H and O–H groups in total. The third-order valence-electron chi connectivity index (χ3n) is 4.32. The molecule has 0 unspecified atom stereocenters. The number of anilines is 1. The molecule has 146 valence electrons. The molecule has 0 radical (unpaired) electrons. The predicted molar refractivity (Wildman–Crippen MR) is 116 cm³/mol. The Morgan fingerprint density at radius 3 is 2.46 bits per heavy atom. The van der Waals surface area contributed by atoms with Crippen molar-refractivity contribution >= 4 is 48.9 Å². The van der Waals surface area contributed by atoms with Crippen LogP contribution in [-0.4, -0.2) is 14.3 Å². The lowest BCUT2D eigenvalue weighted by molar-refractivity contribution is 0.0951. The molecule has 28 heavy (non-hydrogen) atoms. The Morgan fingerprint density at radius 2 is 1.82 bits per heavy atom. The van der Waals surface area contributed by atoms with Crippen molar-refractivity contribution in [3.8, 4) is 0 Å². The van der Waals surface area contributed by atoms with Crippen LogP contribution in [-0.2, 0) is 16.6 Å². The molecule has 0 spiro atoms. The average Bonchev–Trinajstić information content (AvgIpc) is 3.09. The van der Waals surface area contributed by atoms with Crippen LogP contribution < -0.4 is 10.0 Å². The third kappa shape index (κ3) is 4.81. The first-order valence-corrected chi connectivity index (χ1v) is 11.6. The van der Waals surface area contributed by atoms with E-state index in [1.54, 1.807) is 23.5 Å². The van der Waals surface area contributed by atoms with Crippen LogP contribution in [0.2, 0.25) is 0 Å². The Labute approximate surface area is 177 Å². The average molecular weight is 479 g/mol. The van der Waals surface area contributed by atoms with Crippen LogP contribution in [0.4, 0.5) is 5.69 Å². The summed E-state index contributed by atoms with van der Waals surface area (Å²) >= 11 is 4.92. The van der Waals surface area contributed by atoms with Gasteiger partial charge in [0.15, 0.2) is 0 Å². The van der Waals surface area contributed by atoms with Crippen LogP contribution in [0.3, 0.4) is 0 Å². The molecule has 8 heteroatoms. The van der Waals surface area contributed by atoms with Crippen LogP contribution in [0, 0.1) is 13.8 Å². The molecular formula is C20H19BrN2O3S2. The van der Waals surface area contributed by atoms with E-state index in [-0.39, 0.29) is 10.8 Å². The summed E-state index contributed by atoms with van der Waals surface area (Å²) in [5.74, 6) is -0.254. The summed E-state index contributed by atoms with van der Waals surface area (Å²) in [6, 6.07) is 13.3. The standard InChI is InChI=1S/C20H19BrN2O3S2/c1-13-4-3-5-19(14(13)2)23-28(25,26)18-8-6-15(7-9-18)20(24)22-11-17-10-16(21)12-27-17/h3-10,12,23H,11H2,1-2H3,(H,22,24). The molecule has 0 saturated carbocycles. The highest BCUT2D eigenvalue weighted by molar-refractivity contribution is 9.10. The molecule has 1 aromatic heterocycles. The number of sulfonamides is 1. The van der Waals surface area contributed by atoms with Crippen molar-refractivity contribution in [2.75, 3.05) is 4.72 Å². The Hall–Kier alpha value is -2.16. The molecule has 0 bridgehead atoms. The van der Waals surface area contributed by atoms with Gasteiger partial charge >= 0.3 is 0 Å². The van der Waals surface area contributed by atoms with Gasteiger partial charge in [0, 0.05) is 20.3 Å². The lowest BCUT2D eigenvalue weighted by atomic mass is 10.1. The fourth-order valence-corrected chi connectivity index (χ4v) is 5.08. The zero-order valence-electron chi connectivity index (χ0n) is 15.3. The summed E-state index contributed by atoms with van der Waals surface area (Å²) in [5.41, 5.74) is 2.83. The van der Waals surface area contributed by atoms with Crippen molar-refractivity contribution in [2.45, 2.75) is 25.3 Å². The van der Waals surface area contributed by atoms with Crippen LogP contribution in [0.15, 0.2) is 63.3 Å². The number of amides is 1. The maximum Gasteiger partial charge on any atom is 0.261 e. The molecule has 1 heterocycles. The Bertz CT molecular complexity index is 1110. The van der Waals surface area contributed by atoms with Gasteiger partial charge in [0.25, 0.3) is 15.9 Å². The van der Waals surface area contributed by atoms with Gasteiger partial charge in [-0.3, -0.25) is 9.52 Å². The highest BCUT2D eigenvalue weighted by atomic mass is 79.9. The summed E-state index contributed by atoms with van der Waals surface area (Å²) in [5, 5.41) is 4.77. The van der Waals surface area contributed by atoms with E-state index in [9.17, 15) is 13.2 Å². The van der Waals surface area contributed by atoms with Gasteiger partial charge in [0.1, 0.15) is 0 Å². The number of carbonyl (C=O) groups is 1. The maximum atomic E-state index is 12.6. The van der Waals surface area contributed by atoms with Crippen LogP contribution >= 0.6 is 27.3 Å². The molecule has 0 atom stereocenters. The molecule has 3 aromatic rings. The third-order valence-corrected chi connectivity index (χ3v) is 7.40. The Kier molecular flexibility index (Phi) is 6.22. The molecule has 2 aromatic carbocycles. The van der Waals surface area contributed by atoms with E-state index in [1.807, 2.05) is 31.4 Å². The van der Waals surface area contributed by atoms with Crippen molar-refractivity contribution in [2.24, 2.45) is 0 Å². The first kappa shape index (κ1) is 20.6. The van der Waals surface area contributed by atoms with Crippen molar-refractivity contribution in [3.63, 3.8) is 0 Å². The molecule has 3 rings (SSSR count). The van der Waals surface area contributed by atoms with Gasteiger partial charge in [-0.2, -0.15) is 0 Å². The summed E-state index contributed by atoms with van der Waals surface area (Å²) in [6.45, 7) is 4.21. The summed E-state index contributed by atoms with van der Waals surface area (Å²) < 4.78 is 28.9. The number of carbonyl (C=O) groups excluding carboxylic acids is 1. The van der Waals surface area contributed by atoms with Crippen molar-refractivity contribution in [3.05, 3.63) is 80.0 Å². The second kappa shape index (κ2) is 8.46. The number of hydrogen-bond donors (Lipinski definition) is 2. The fourth-order valence-electron chi connectivity index (χ4n) is 2.57. The minimum Gasteiger partial charge on any atom is -0.347 e. The largest absolute Gasteiger partial charge is 0.347 e. The summed E-state index contributed by atoms with van der Waals surface area (Å²) in [7, 11) is -3.73. The Balaban J connectivity index is 1.70. The number of aryl methyl sites for hydroxylation is 1. The van der Waals surface area contributed by atoms with Crippen LogP contribution in [0.1, 0.15) is 26.4 Å². The maximum absolute atomic E-state index is 12.6. The van der Waals surface area contributed by atoms with E-state index in [2.05, 4.69) is 26.0 Å². The number of hydrogen-bond acceptors (Lipinski definition) is 4. The van der Waals surface area contributed by atoms with Gasteiger partial charge in [0.2, 0.25) is 0 Å². The van der Waals surface area contributed by atoms with Crippen LogP contribution in [0.25, 0.3) is 0 Å². The quantitative estimate of drug-likeness (QED) is 0.531. The lowest BCUT2D eigenvalue weighted by Crippen LogP contribution is -2.22. The summed E-state index contributed by atoms with van der Waals surface area (Å²) in [4.78, 5) is 13.4. The Morgan fingerprint density at radius 1 is 1.11 bits per heavy atom. The molecule has 1 amide bonds. The normalized spacial score (nSPS) is 11.2. The van der Waals surface area contributed by atoms with E-state index in [0.29, 0.717) is 17.8 Å². The van der Waals surface area contributed by atoms with Gasteiger partial charge in [-0.25, -0.2) is 8.42 Å². The number of nitrogens with one attached hydrogen (secondary N) is 2. The smallest absolute Gasteiger partial charge is 0.261 e. The molecule has 5 nitrogen and oxygen atoms in total. The second-order valence-electron chi connectivity index (χ2n) is 6.29.